The summed E-state index contributed by atoms with van der Waals surface area (Å²) in [4.78, 5) is 12.4. The molecule has 28 heavy (non-hydrogen) atoms. The minimum Gasteiger partial charge on any atom is -0.496 e. The van der Waals surface area contributed by atoms with Crippen molar-refractivity contribution in [1.82, 2.24) is 16.1 Å². The number of ether oxygens (including phenoxy) is 2. The summed E-state index contributed by atoms with van der Waals surface area (Å²) in [5.74, 6) is 11.7. The molecule has 1 aromatic rings. The van der Waals surface area contributed by atoms with Gasteiger partial charge in [-0.3, -0.25) is 16.0 Å². The van der Waals surface area contributed by atoms with E-state index in [4.69, 9.17) is 26.9 Å². The maximum Gasteiger partial charge on any atom is 0.191 e. The van der Waals surface area contributed by atoms with Gasteiger partial charge >= 0.3 is 0 Å². The molecule has 0 radical (unpaired) electrons. The van der Waals surface area contributed by atoms with Crippen molar-refractivity contribution >= 4 is 5.78 Å². The Morgan fingerprint density at radius 1 is 1.36 bits per heavy atom. The highest BCUT2D eigenvalue weighted by Crippen LogP contribution is 2.35. The summed E-state index contributed by atoms with van der Waals surface area (Å²) in [5, 5.41) is 13.2. The van der Waals surface area contributed by atoms with Crippen molar-refractivity contribution in [3.05, 3.63) is 47.5 Å². The van der Waals surface area contributed by atoms with Crippen LogP contribution in [0.4, 0.5) is 0 Å². The molecule has 2 unspecified atom stereocenters. The van der Waals surface area contributed by atoms with Crippen LogP contribution in [0.1, 0.15) is 35.7 Å². The average Bonchev–Trinajstić information content (AvgIpc) is 2.69. The fourth-order valence-electron chi connectivity index (χ4n) is 2.65. The Balaban J connectivity index is 2.49. The van der Waals surface area contributed by atoms with E-state index in [1.165, 1.54) is 19.4 Å². The van der Waals surface area contributed by atoms with Crippen molar-refractivity contribution in [3.8, 4) is 11.5 Å². The van der Waals surface area contributed by atoms with Crippen LogP contribution < -0.4 is 43.0 Å². The zero-order valence-corrected chi connectivity index (χ0v) is 16.0. The van der Waals surface area contributed by atoms with Crippen LogP contribution in [-0.2, 0) is 0 Å². The minimum absolute atomic E-state index is 0.0938. The molecule has 1 aliphatic rings. The molecule has 0 amide bonds. The summed E-state index contributed by atoms with van der Waals surface area (Å²) in [6.07, 6.45) is 2.89. The van der Waals surface area contributed by atoms with E-state index in [2.05, 4.69) is 26.4 Å². The predicted octanol–water partition coefficient (Wildman–Crippen LogP) is 0.286. The number of hydrogen-bond acceptors (Lipinski definition) is 10. The molecule has 0 bridgehead atoms. The Kier molecular flexibility index (Phi) is 7.32. The van der Waals surface area contributed by atoms with Crippen molar-refractivity contribution in [3.63, 3.8) is 0 Å². The lowest BCUT2D eigenvalue weighted by Crippen LogP contribution is -2.60. The Morgan fingerprint density at radius 2 is 2.11 bits per heavy atom. The van der Waals surface area contributed by atoms with Crippen LogP contribution in [0, 0.1) is 0 Å². The van der Waals surface area contributed by atoms with Crippen molar-refractivity contribution in [2.75, 3.05) is 7.11 Å². The van der Waals surface area contributed by atoms with E-state index in [1.807, 2.05) is 13.8 Å². The molecule has 9 N–H and O–H groups in total. The van der Waals surface area contributed by atoms with Gasteiger partial charge in [-0.25, -0.2) is 5.43 Å². The third kappa shape index (κ3) is 4.76. The van der Waals surface area contributed by atoms with Gasteiger partial charge in [-0.05, 0) is 24.3 Å². The lowest BCUT2D eigenvalue weighted by atomic mass is 9.97. The van der Waals surface area contributed by atoms with E-state index in [0.717, 1.165) is 5.56 Å². The SMILES string of the molecule is COc1cc(C(C)C)c(OC2=CNC(NN)NC2N=NN)cc1C(=O)C=CN. The summed E-state index contributed by atoms with van der Waals surface area (Å²) in [6, 6.07) is 3.38. The van der Waals surface area contributed by atoms with E-state index in [1.54, 1.807) is 18.3 Å². The Hall–Kier alpha value is -3.15. The van der Waals surface area contributed by atoms with Crippen molar-refractivity contribution in [2.45, 2.75) is 32.2 Å². The van der Waals surface area contributed by atoms with E-state index in [-0.39, 0.29) is 11.7 Å². The number of rotatable bonds is 8. The van der Waals surface area contributed by atoms with Crippen molar-refractivity contribution < 1.29 is 14.3 Å². The molecule has 11 heteroatoms. The second-order valence-corrected chi connectivity index (χ2v) is 6.18. The van der Waals surface area contributed by atoms with Crippen LogP contribution >= 0.6 is 0 Å². The lowest BCUT2D eigenvalue weighted by molar-refractivity contribution is 0.104. The van der Waals surface area contributed by atoms with Gasteiger partial charge in [0.1, 0.15) is 17.8 Å². The minimum atomic E-state index is -0.683. The van der Waals surface area contributed by atoms with E-state index >= 15 is 0 Å². The number of nitrogens with two attached hydrogens (primary N) is 3. The predicted molar refractivity (Wildman–Crippen MR) is 104 cm³/mol. The number of allylic oxidation sites excluding steroid dienone is 1. The number of carbonyl (C=O) groups is 1. The highest BCUT2D eigenvalue weighted by Gasteiger charge is 2.26. The smallest absolute Gasteiger partial charge is 0.191 e. The maximum absolute atomic E-state index is 12.4. The van der Waals surface area contributed by atoms with Crippen molar-refractivity contribution in [1.29, 1.82) is 0 Å². The topological polar surface area (TPSA) is 174 Å². The number of nitrogens with one attached hydrogen (secondary N) is 3. The first kappa shape index (κ1) is 21.2. The Labute approximate surface area is 163 Å². The molecule has 1 aromatic carbocycles. The highest BCUT2D eigenvalue weighted by atomic mass is 16.5. The molecule has 0 fully saturated rings. The molecule has 2 atom stereocenters. The molecule has 11 nitrogen and oxygen atoms in total. The third-order valence-corrected chi connectivity index (χ3v) is 4.03. The van der Waals surface area contributed by atoms with Crippen LogP contribution in [0.15, 0.2) is 46.7 Å². The second kappa shape index (κ2) is 9.69. The number of benzene rings is 1. The first-order valence-corrected chi connectivity index (χ1v) is 8.55. The number of hydrazine groups is 1. The van der Waals surface area contributed by atoms with Gasteiger partial charge in [0, 0.05) is 17.8 Å². The summed E-state index contributed by atoms with van der Waals surface area (Å²) < 4.78 is 11.4. The number of ketones is 1. The van der Waals surface area contributed by atoms with Crippen LogP contribution in [0.2, 0.25) is 0 Å². The van der Waals surface area contributed by atoms with Gasteiger partial charge < -0.3 is 26.4 Å². The van der Waals surface area contributed by atoms with E-state index in [0.29, 0.717) is 22.8 Å². The average molecular weight is 390 g/mol. The molecule has 0 saturated heterocycles. The molecule has 0 saturated carbocycles. The van der Waals surface area contributed by atoms with E-state index in [9.17, 15) is 4.79 Å². The fourth-order valence-corrected chi connectivity index (χ4v) is 2.65. The molecule has 1 aliphatic heterocycles. The number of methoxy groups -OCH3 is 1. The first-order valence-electron chi connectivity index (χ1n) is 8.55. The Bertz CT molecular complexity index is 791. The molecule has 1 heterocycles. The summed E-state index contributed by atoms with van der Waals surface area (Å²) >= 11 is 0. The summed E-state index contributed by atoms with van der Waals surface area (Å²) in [5.41, 5.74) is 9.03. The number of hydrogen-bond donors (Lipinski definition) is 6. The van der Waals surface area contributed by atoms with E-state index < -0.39 is 12.5 Å². The molecule has 0 spiro atoms. The van der Waals surface area contributed by atoms with Crippen LogP contribution in [0.3, 0.4) is 0 Å². The van der Waals surface area contributed by atoms with Gasteiger partial charge in [-0.2, -0.15) is 0 Å². The monoisotopic (exact) mass is 390 g/mol. The van der Waals surface area contributed by atoms with Gasteiger partial charge in [0.2, 0.25) is 0 Å². The molecule has 0 aliphatic carbocycles. The lowest BCUT2D eigenvalue weighted by Gasteiger charge is -2.29. The normalized spacial score (nSPS) is 19.7. The summed E-state index contributed by atoms with van der Waals surface area (Å²) in [7, 11) is 1.50. The molecule has 152 valence electrons. The van der Waals surface area contributed by atoms with Gasteiger partial charge in [-0.15, -0.1) is 5.11 Å². The number of nitrogens with zero attached hydrogens (tertiary/aromatic N) is 2. The summed E-state index contributed by atoms with van der Waals surface area (Å²) in [6.45, 7) is 4.00. The maximum atomic E-state index is 12.4. The fraction of sp³-hybridized carbons (Fsp3) is 0.353. The van der Waals surface area contributed by atoms with Gasteiger partial charge in [0.05, 0.1) is 12.7 Å². The highest BCUT2D eigenvalue weighted by molar-refractivity contribution is 6.06. The first-order chi connectivity index (χ1) is 13.4. The zero-order chi connectivity index (χ0) is 20.7. The van der Waals surface area contributed by atoms with Crippen LogP contribution in [0.25, 0.3) is 0 Å². The molecular weight excluding hydrogens is 364 g/mol. The van der Waals surface area contributed by atoms with Gasteiger partial charge in [-0.1, -0.05) is 19.1 Å². The van der Waals surface area contributed by atoms with Crippen LogP contribution in [0.5, 0.6) is 11.5 Å². The zero-order valence-electron chi connectivity index (χ0n) is 16.0. The molecule has 0 aromatic heterocycles. The molecular formula is C17H26N8O3. The molecule has 2 rings (SSSR count). The van der Waals surface area contributed by atoms with Gasteiger partial charge in [0.25, 0.3) is 0 Å². The third-order valence-electron chi connectivity index (χ3n) is 4.03. The quantitative estimate of drug-likeness (QED) is 0.120. The number of carbonyl (C=O) groups excluding carboxylic acids is 1. The van der Waals surface area contributed by atoms with Crippen LogP contribution in [-0.4, -0.2) is 25.3 Å². The Morgan fingerprint density at radius 3 is 2.68 bits per heavy atom. The largest absolute Gasteiger partial charge is 0.496 e. The standard InChI is InChI=1S/C17H26N8O3/c1-9(2)10-6-13(27-3)11(12(26)4-5-18)7-14(10)28-15-8-21-17(23-19)22-16(15)24-25-20/h4-9,16-17,21-23H,18-19H2,1-3H3,(H2,20,24). The van der Waals surface area contributed by atoms with Crippen molar-refractivity contribution in [2.24, 2.45) is 27.8 Å². The second-order valence-electron chi connectivity index (χ2n) is 6.18. The van der Waals surface area contributed by atoms with Gasteiger partial charge in [0.15, 0.2) is 17.7 Å².